The molecule has 39 heavy (non-hydrogen) atoms. The SMILES string of the molecule is CCCCC/C=C\CC1OC1CCCCCCCC(=O)OC[C@H](CO)OC(=O)CCCCCCCCCCC. The quantitative estimate of drug-likeness (QED) is 0.0454. The number of esters is 2. The van der Waals surface area contributed by atoms with Crippen LogP contribution in [0, 0.1) is 0 Å². The zero-order valence-electron chi connectivity index (χ0n) is 25.3. The molecule has 0 aromatic carbocycles. The molecule has 6 heteroatoms. The van der Waals surface area contributed by atoms with Crippen molar-refractivity contribution in [1.29, 1.82) is 0 Å². The molecule has 0 amide bonds. The molecule has 0 aromatic rings. The average molecular weight is 553 g/mol. The molecule has 1 aliphatic rings. The van der Waals surface area contributed by atoms with E-state index >= 15 is 0 Å². The number of aliphatic hydroxyl groups is 1. The Balaban J connectivity index is 1.92. The van der Waals surface area contributed by atoms with Gasteiger partial charge in [0.15, 0.2) is 6.10 Å². The van der Waals surface area contributed by atoms with Crippen molar-refractivity contribution in [2.75, 3.05) is 13.2 Å². The lowest BCUT2D eigenvalue weighted by Crippen LogP contribution is -2.28. The second-order valence-electron chi connectivity index (χ2n) is 11.3. The summed E-state index contributed by atoms with van der Waals surface area (Å²) in [6.07, 6.45) is 28.6. The van der Waals surface area contributed by atoms with Crippen LogP contribution in [0.4, 0.5) is 0 Å². The first-order chi connectivity index (χ1) is 19.1. The maximum atomic E-state index is 12.0. The molecule has 2 unspecified atom stereocenters. The number of unbranched alkanes of at least 4 members (excludes halogenated alkanes) is 15. The fourth-order valence-electron chi connectivity index (χ4n) is 4.85. The predicted octanol–water partition coefficient (Wildman–Crippen LogP) is 8.38. The highest BCUT2D eigenvalue weighted by Gasteiger charge is 2.36. The minimum atomic E-state index is -0.773. The Kier molecular flexibility index (Phi) is 23.3. The van der Waals surface area contributed by atoms with Crippen molar-refractivity contribution in [2.24, 2.45) is 0 Å². The van der Waals surface area contributed by atoms with Crippen LogP contribution in [0.3, 0.4) is 0 Å². The van der Waals surface area contributed by atoms with Crippen LogP contribution in [0.25, 0.3) is 0 Å². The maximum absolute atomic E-state index is 12.0. The average Bonchev–Trinajstić information content (AvgIpc) is 3.69. The van der Waals surface area contributed by atoms with Gasteiger partial charge < -0.3 is 19.3 Å². The predicted molar refractivity (Wildman–Crippen MR) is 159 cm³/mol. The number of allylic oxidation sites excluding steroid dienone is 1. The van der Waals surface area contributed by atoms with E-state index in [-0.39, 0.29) is 25.2 Å². The van der Waals surface area contributed by atoms with E-state index in [1.54, 1.807) is 0 Å². The van der Waals surface area contributed by atoms with E-state index < -0.39 is 6.10 Å². The summed E-state index contributed by atoms with van der Waals surface area (Å²) in [4.78, 5) is 24.1. The third-order valence-corrected chi connectivity index (χ3v) is 7.48. The zero-order valence-corrected chi connectivity index (χ0v) is 25.3. The van der Waals surface area contributed by atoms with E-state index in [0.717, 1.165) is 57.8 Å². The minimum Gasteiger partial charge on any atom is -0.462 e. The molecule has 1 N–H and O–H groups in total. The van der Waals surface area contributed by atoms with Gasteiger partial charge in [0.1, 0.15) is 6.61 Å². The van der Waals surface area contributed by atoms with Gasteiger partial charge >= 0.3 is 11.9 Å². The standard InChI is InChI=1S/C33H60O6/c1-3-5-7-9-11-12-13-17-22-26-33(36)38-29(27-34)28-37-32(35)25-21-18-14-16-20-24-31-30(39-31)23-19-15-10-8-6-4-2/h15,19,29-31,34H,3-14,16-18,20-28H2,1-2H3/b19-15-/t29-,30?,31?/m0/s1. The fraction of sp³-hybridized carbons (Fsp3) is 0.879. The molecule has 1 aliphatic heterocycles. The molecule has 0 aliphatic carbocycles. The third-order valence-electron chi connectivity index (χ3n) is 7.48. The van der Waals surface area contributed by atoms with Crippen LogP contribution in [-0.4, -0.2) is 48.6 Å². The number of hydrogen-bond donors (Lipinski definition) is 1. The number of hydrogen-bond acceptors (Lipinski definition) is 6. The molecule has 6 nitrogen and oxygen atoms in total. The van der Waals surface area contributed by atoms with Crippen molar-refractivity contribution in [2.45, 2.75) is 173 Å². The summed E-state index contributed by atoms with van der Waals surface area (Å²) in [6, 6.07) is 0. The molecule has 1 fully saturated rings. The first kappa shape index (κ1) is 35.6. The van der Waals surface area contributed by atoms with E-state index in [0.29, 0.717) is 25.0 Å². The number of epoxide rings is 1. The second-order valence-corrected chi connectivity index (χ2v) is 11.3. The summed E-state index contributed by atoms with van der Waals surface area (Å²) < 4.78 is 16.3. The summed E-state index contributed by atoms with van der Waals surface area (Å²) in [6.45, 7) is 4.05. The van der Waals surface area contributed by atoms with Gasteiger partial charge in [-0.05, 0) is 38.5 Å². The van der Waals surface area contributed by atoms with Crippen LogP contribution in [0.1, 0.15) is 155 Å². The molecule has 228 valence electrons. The van der Waals surface area contributed by atoms with Gasteiger partial charge in [-0.3, -0.25) is 9.59 Å². The summed E-state index contributed by atoms with van der Waals surface area (Å²) in [5.41, 5.74) is 0. The lowest BCUT2D eigenvalue weighted by Gasteiger charge is -2.15. The van der Waals surface area contributed by atoms with Crippen molar-refractivity contribution in [3.05, 3.63) is 12.2 Å². The Hall–Kier alpha value is -1.40. The van der Waals surface area contributed by atoms with Gasteiger partial charge in [-0.1, -0.05) is 116 Å². The van der Waals surface area contributed by atoms with Crippen molar-refractivity contribution >= 4 is 11.9 Å². The van der Waals surface area contributed by atoms with Crippen LogP contribution in [0.15, 0.2) is 12.2 Å². The summed E-state index contributed by atoms with van der Waals surface area (Å²) in [5, 5.41) is 9.48. The van der Waals surface area contributed by atoms with Gasteiger partial charge in [0.05, 0.1) is 18.8 Å². The number of carbonyl (C=O) groups is 2. The van der Waals surface area contributed by atoms with Crippen LogP contribution in [0.5, 0.6) is 0 Å². The van der Waals surface area contributed by atoms with Crippen LogP contribution >= 0.6 is 0 Å². The highest BCUT2D eigenvalue weighted by atomic mass is 16.6. The molecule has 1 heterocycles. The smallest absolute Gasteiger partial charge is 0.306 e. The second kappa shape index (κ2) is 25.6. The third kappa shape index (κ3) is 22.0. The van der Waals surface area contributed by atoms with E-state index in [4.69, 9.17) is 14.2 Å². The van der Waals surface area contributed by atoms with Crippen molar-refractivity contribution in [1.82, 2.24) is 0 Å². The molecule has 0 aromatic heterocycles. The lowest BCUT2D eigenvalue weighted by atomic mass is 10.1. The van der Waals surface area contributed by atoms with Gasteiger partial charge in [-0.15, -0.1) is 0 Å². The first-order valence-electron chi connectivity index (χ1n) is 16.4. The Labute approximate surface area is 239 Å². The van der Waals surface area contributed by atoms with E-state index in [9.17, 15) is 14.7 Å². The van der Waals surface area contributed by atoms with Crippen molar-refractivity contribution < 1.29 is 28.9 Å². The first-order valence-corrected chi connectivity index (χ1v) is 16.4. The summed E-state index contributed by atoms with van der Waals surface area (Å²) >= 11 is 0. The minimum absolute atomic E-state index is 0.0741. The monoisotopic (exact) mass is 552 g/mol. The Morgan fingerprint density at radius 2 is 1.28 bits per heavy atom. The largest absolute Gasteiger partial charge is 0.462 e. The van der Waals surface area contributed by atoms with Crippen molar-refractivity contribution in [3.8, 4) is 0 Å². The zero-order chi connectivity index (χ0) is 28.4. The van der Waals surface area contributed by atoms with Gasteiger partial charge in [-0.25, -0.2) is 0 Å². The van der Waals surface area contributed by atoms with Crippen LogP contribution in [-0.2, 0) is 23.8 Å². The maximum Gasteiger partial charge on any atom is 0.306 e. The number of carbonyl (C=O) groups excluding carboxylic acids is 2. The Morgan fingerprint density at radius 3 is 1.92 bits per heavy atom. The van der Waals surface area contributed by atoms with Gasteiger partial charge in [0, 0.05) is 12.8 Å². The summed E-state index contributed by atoms with van der Waals surface area (Å²) in [7, 11) is 0. The molecule has 3 atom stereocenters. The molecule has 0 saturated carbocycles. The molecule has 1 saturated heterocycles. The molecule has 0 radical (unpaired) electrons. The number of ether oxygens (including phenoxy) is 3. The highest BCUT2D eigenvalue weighted by molar-refractivity contribution is 5.70. The van der Waals surface area contributed by atoms with Gasteiger partial charge in [0.2, 0.25) is 0 Å². The Bertz CT molecular complexity index is 619. The highest BCUT2D eigenvalue weighted by Crippen LogP contribution is 2.30. The van der Waals surface area contributed by atoms with Gasteiger partial charge in [0.25, 0.3) is 0 Å². The number of rotatable bonds is 28. The van der Waals surface area contributed by atoms with Crippen molar-refractivity contribution in [3.63, 3.8) is 0 Å². The Morgan fingerprint density at radius 1 is 0.718 bits per heavy atom. The molecule has 1 rings (SSSR count). The molecular weight excluding hydrogens is 492 g/mol. The summed E-state index contributed by atoms with van der Waals surface area (Å²) in [5.74, 6) is -0.616. The van der Waals surface area contributed by atoms with Crippen LogP contribution < -0.4 is 0 Å². The van der Waals surface area contributed by atoms with E-state index in [1.807, 2.05) is 0 Å². The molecular formula is C33H60O6. The van der Waals surface area contributed by atoms with Gasteiger partial charge in [-0.2, -0.15) is 0 Å². The molecule has 0 spiro atoms. The topological polar surface area (TPSA) is 85.4 Å². The lowest BCUT2D eigenvalue weighted by molar-refractivity contribution is -0.161. The van der Waals surface area contributed by atoms with E-state index in [1.165, 1.54) is 70.6 Å². The normalized spacial score (nSPS) is 17.4. The molecule has 0 bridgehead atoms. The number of aliphatic hydroxyl groups excluding tert-OH is 1. The van der Waals surface area contributed by atoms with E-state index in [2.05, 4.69) is 26.0 Å². The fourth-order valence-corrected chi connectivity index (χ4v) is 4.85. The van der Waals surface area contributed by atoms with Crippen LogP contribution in [0.2, 0.25) is 0 Å².